The molecule has 0 atom stereocenters. The molecule has 0 bridgehead atoms. The Kier molecular flexibility index (Phi) is 5.04. The van der Waals surface area contributed by atoms with E-state index in [0.29, 0.717) is 0 Å². The molecule has 0 unspecified atom stereocenters. The first-order valence-corrected chi connectivity index (χ1v) is 11.0. The lowest BCUT2D eigenvalue weighted by atomic mass is 9.90. The maximum Gasteiger partial charge on any atom is 0.198 e. The third kappa shape index (κ3) is 2.90. The van der Waals surface area contributed by atoms with E-state index in [9.17, 15) is 18.4 Å². The van der Waals surface area contributed by atoms with Crippen LogP contribution in [-0.2, 0) is 0 Å². The topological polar surface area (TPSA) is 36.3 Å². The second-order valence-electron chi connectivity index (χ2n) is 8.53. The van der Waals surface area contributed by atoms with Crippen LogP contribution in [0, 0.1) is 59.0 Å². The second kappa shape index (κ2) is 8.11. The lowest BCUT2D eigenvalue weighted by Gasteiger charge is -2.34. The van der Waals surface area contributed by atoms with Gasteiger partial charge in [0.05, 0.1) is 22.6 Å². The van der Waals surface area contributed by atoms with Crippen LogP contribution in [-0.4, -0.2) is 0 Å². The van der Waals surface area contributed by atoms with Gasteiger partial charge in [-0.05, 0) is 31.2 Å². The Morgan fingerprint density at radius 1 is 0.605 bits per heavy atom. The summed E-state index contributed by atoms with van der Waals surface area (Å²) in [5, 5.41) is 5.73. The molecule has 6 rings (SSSR count). The van der Waals surface area contributed by atoms with Crippen molar-refractivity contribution < 1.29 is 35.5 Å². The number of hydrogen-bond acceptors (Lipinski definition) is 3. The Labute approximate surface area is 209 Å². The number of fused-ring (bicyclic) bond motifs is 4. The quantitative estimate of drug-likeness (QED) is 0.0934. The van der Waals surface area contributed by atoms with Gasteiger partial charge in [0.25, 0.3) is 0 Å². The van der Waals surface area contributed by atoms with Crippen molar-refractivity contribution in [2.45, 2.75) is 6.92 Å². The molecular weight excluding hydrogens is 513 g/mol. The van der Waals surface area contributed by atoms with E-state index in [0.717, 1.165) is 11.8 Å². The molecule has 38 heavy (non-hydrogen) atoms. The molecule has 3 nitrogen and oxygen atoms in total. The van der Waals surface area contributed by atoms with Crippen LogP contribution >= 0.6 is 0 Å². The minimum absolute atomic E-state index is 0.0869. The number of nitriles is 1. The summed E-state index contributed by atoms with van der Waals surface area (Å²) >= 11 is 0. The number of anilines is 3. The molecule has 0 aliphatic carbocycles. The minimum Gasteiger partial charge on any atom is -0.453 e. The monoisotopic (exact) mass is 524 g/mol. The molecule has 0 saturated carbocycles. The smallest absolute Gasteiger partial charge is 0.198 e. The zero-order valence-corrected chi connectivity index (χ0v) is 19.1. The molecule has 188 valence electrons. The maximum absolute atomic E-state index is 15.8. The predicted molar refractivity (Wildman–Crippen MR) is 125 cm³/mol. The fourth-order valence-electron chi connectivity index (χ4n) is 4.85. The summed E-state index contributed by atoms with van der Waals surface area (Å²) in [6.07, 6.45) is 0. The van der Waals surface area contributed by atoms with E-state index < -0.39 is 79.1 Å². The van der Waals surface area contributed by atoms with E-state index in [-0.39, 0.29) is 22.9 Å². The second-order valence-corrected chi connectivity index (χ2v) is 8.53. The molecule has 10 heteroatoms. The SMILES string of the molecule is Cc1c(F)c(F)c2c(N3c4ccccc4Oc4ccccc43)c3c(F)c(F)c(F)c(F)c3c(C#N)c2c1F. The van der Waals surface area contributed by atoms with Gasteiger partial charge < -0.3 is 9.64 Å². The minimum atomic E-state index is -2.25. The Bertz CT molecular complexity index is 1790. The molecule has 0 amide bonds. The summed E-state index contributed by atoms with van der Waals surface area (Å²) in [5.41, 5.74) is -2.44. The van der Waals surface area contributed by atoms with Gasteiger partial charge in [-0.2, -0.15) is 5.26 Å². The van der Waals surface area contributed by atoms with Gasteiger partial charge in [0.1, 0.15) is 11.9 Å². The van der Waals surface area contributed by atoms with Crippen molar-refractivity contribution >= 4 is 38.6 Å². The fraction of sp³-hybridized carbons (Fsp3) is 0.0357. The first-order valence-electron chi connectivity index (χ1n) is 11.0. The van der Waals surface area contributed by atoms with Gasteiger partial charge in [0.15, 0.2) is 46.4 Å². The van der Waals surface area contributed by atoms with E-state index in [1.54, 1.807) is 12.1 Å². The first kappa shape index (κ1) is 23.6. The van der Waals surface area contributed by atoms with Gasteiger partial charge in [-0.25, -0.2) is 30.7 Å². The van der Waals surface area contributed by atoms with Crippen LogP contribution in [0.25, 0.3) is 21.5 Å². The van der Waals surface area contributed by atoms with E-state index >= 15 is 17.6 Å². The number of nitrogens with zero attached hydrogens (tertiary/aromatic N) is 2. The summed E-state index contributed by atoms with van der Waals surface area (Å²) < 4.78 is 112. The van der Waals surface area contributed by atoms with Crippen LogP contribution in [0.15, 0.2) is 48.5 Å². The van der Waals surface area contributed by atoms with Crippen LogP contribution in [0.3, 0.4) is 0 Å². The zero-order chi connectivity index (χ0) is 27.0. The third-order valence-electron chi connectivity index (χ3n) is 6.55. The molecule has 1 heterocycles. The van der Waals surface area contributed by atoms with E-state index in [1.165, 1.54) is 42.5 Å². The van der Waals surface area contributed by atoms with Crippen molar-refractivity contribution in [1.29, 1.82) is 5.26 Å². The average Bonchev–Trinajstić information content (AvgIpc) is 2.94. The highest BCUT2D eigenvalue weighted by Gasteiger charge is 2.36. The van der Waals surface area contributed by atoms with Crippen molar-refractivity contribution in [1.82, 2.24) is 0 Å². The Morgan fingerprint density at radius 3 is 1.58 bits per heavy atom. The molecule has 5 aromatic carbocycles. The van der Waals surface area contributed by atoms with Gasteiger partial charge in [0, 0.05) is 27.1 Å². The van der Waals surface area contributed by atoms with Crippen molar-refractivity contribution in [3.05, 3.63) is 100 Å². The molecule has 1 aliphatic rings. The van der Waals surface area contributed by atoms with Crippen LogP contribution in [0.1, 0.15) is 11.1 Å². The van der Waals surface area contributed by atoms with Crippen LogP contribution < -0.4 is 9.64 Å². The summed E-state index contributed by atoms with van der Waals surface area (Å²) in [7, 11) is 0. The van der Waals surface area contributed by atoms with Crippen molar-refractivity contribution in [2.75, 3.05) is 4.90 Å². The number of hydrogen-bond donors (Lipinski definition) is 0. The normalized spacial score (nSPS) is 12.3. The lowest BCUT2D eigenvalue weighted by molar-refractivity contribution is 0.418. The van der Waals surface area contributed by atoms with E-state index in [4.69, 9.17) is 4.74 Å². The molecular formula is C28H11F7N2O. The third-order valence-corrected chi connectivity index (χ3v) is 6.55. The highest BCUT2D eigenvalue weighted by Crippen LogP contribution is 2.55. The molecule has 0 spiro atoms. The largest absolute Gasteiger partial charge is 0.453 e. The number of para-hydroxylation sites is 4. The molecule has 0 aromatic heterocycles. The summed E-state index contributed by atoms with van der Waals surface area (Å²) in [5.74, 6) is -13.0. The van der Waals surface area contributed by atoms with Gasteiger partial charge in [-0.3, -0.25) is 0 Å². The molecule has 1 aliphatic heterocycles. The molecule has 0 fully saturated rings. The predicted octanol–water partition coefficient (Wildman–Crippen LogP) is 8.72. The van der Waals surface area contributed by atoms with Crippen LogP contribution in [0.5, 0.6) is 11.5 Å². The van der Waals surface area contributed by atoms with Gasteiger partial charge in [0.2, 0.25) is 0 Å². The summed E-state index contributed by atoms with van der Waals surface area (Å²) in [6, 6.07) is 13.5. The number of rotatable bonds is 1. The highest BCUT2D eigenvalue weighted by molar-refractivity contribution is 6.19. The standard InChI is InChI=1S/C28H11F7N2O/c1-11-21(29)17-12(10-36)18-20(25(33)27(35)26(34)23(18)31)28(19(17)24(32)22(11)30)37-13-6-2-4-8-15(13)38-16-9-5-3-7-14(16)37/h2-9H,1H3. The Hall–Kier alpha value is -4.78. The number of benzene rings is 5. The number of halogens is 7. The fourth-order valence-corrected chi connectivity index (χ4v) is 4.85. The van der Waals surface area contributed by atoms with Crippen LogP contribution in [0.2, 0.25) is 0 Å². The summed E-state index contributed by atoms with van der Waals surface area (Å²) in [6.45, 7) is 0.889. The molecule has 0 N–H and O–H groups in total. The lowest BCUT2D eigenvalue weighted by Crippen LogP contribution is -2.18. The average molecular weight is 524 g/mol. The zero-order valence-electron chi connectivity index (χ0n) is 19.1. The molecule has 0 saturated heterocycles. The molecule has 0 radical (unpaired) electrons. The number of ether oxygens (including phenoxy) is 1. The van der Waals surface area contributed by atoms with E-state index in [2.05, 4.69) is 0 Å². The van der Waals surface area contributed by atoms with Crippen molar-refractivity contribution in [3.63, 3.8) is 0 Å². The van der Waals surface area contributed by atoms with Crippen LogP contribution in [0.4, 0.5) is 47.8 Å². The molecule has 5 aromatic rings. The van der Waals surface area contributed by atoms with E-state index in [1.807, 2.05) is 0 Å². The van der Waals surface area contributed by atoms with Crippen molar-refractivity contribution in [3.8, 4) is 17.6 Å². The Balaban J connectivity index is 1.99. The summed E-state index contributed by atoms with van der Waals surface area (Å²) in [4.78, 5) is 1.11. The first-order chi connectivity index (χ1) is 18.2. The van der Waals surface area contributed by atoms with Gasteiger partial charge >= 0.3 is 0 Å². The van der Waals surface area contributed by atoms with Gasteiger partial charge in [-0.15, -0.1) is 0 Å². The van der Waals surface area contributed by atoms with Crippen molar-refractivity contribution in [2.24, 2.45) is 0 Å². The highest BCUT2D eigenvalue weighted by atomic mass is 19.2. The maximum atomic E-state index is 15.8. The van der Waals surface area contributed by atoms with Gasteiger partial charge in [-0.1, -0.05) is 24.3 Å². The Morgan fingerprint density at radius 2 is 1.05 bits per heavy atom.